The van der Waals surface area contributed by atoms with Gasteiger partial charge in [0.15, 0.2) is 0 Å². The van der Waals surface area contributed by atoms with E-state index in [4.69, 9.17) is 11.6 Å². The van der Waals surface area contributed by atoms with Crippen LogP contribution in [0.5, 0.6) is 0 Å². The summed E-state index contributed by atoms with van der Waals surface area (Å²) >= 11 is 6.03. The molecule has 0 bridgehead atoms. The maximum atomic E-state index is 13.8. The summed E-state index contributed by atoms with van der Waals surface area (Å²) in [6, 6.07) is 5.15. The Balaban J connectivity index is 2.07. The zero-order valence-corrected chi connectivity index (χ0v) is 12.3. The van der Waals surface area contributed by atoms with Gasteiger partial charge in [0.2, 0.25) is 0 Å². The van der Waals surface area contributed by atoms with Crippen molar-refractivity contribution in [3.63, 3.8) is 0 Å². The predicted octanol–water partition coefficient (Wildman–Crippen LogP) is 3.26. The number of halogens is 2. The number of hydrogen-bond acceptors (Lipinski definition) is 2. The number of aliphatic hydroxyl groups is 1. The van der Waals surface area contributed by atoms with Gasteiger partial charge < -0.3 is 10.0 Å². The molecule has 0 unspecified atom stereocenters. The van der Waals surface area contributed by atoms with E-state index in [0.29, 0.717) is 35.9 Å². The van der Waals surface area contributed by atoms with Crippen molar-refractivity contribution in [1.82, 2.24) is 4.90 Å². The van der Waals surface area contributed by atoms with Crippen molar-refractivity contribution >= 4 is 11.6 Å². The van der Waals surface area contributed by atoms with Gasteiger partial charge in [-0.3, -0.25) is 0 Å². The summed E-state index contributed by atoms with van der Waals surface area (Å²) in [6.07, 6.45) is 1.62. The summed E-state index contributed by atoms with van der Waals surface area (Å²) in [5.41, 5.74) is -0.401. The molecule has 4 heteroatoms. The van der Waals surface area contributed by atoms with Crippen LogP contribution in [0.25, 0.3) is 0 Å². The third kappa shape index (κ3) is 3.47. The molecule has 1 aromatic carbocycles. The standard InChI is InChI=1S/C15H21ClFNO/c1-11(2)18-8-6-15(19,7-9-18)10-12-13(16)4-3-5-14(12)17/h3-5,11,19H,6-10H2,1-2H3. The van der Waals surface area contributed by atoms with Crippen molar-refractivity contribution in [3.05, 3.63) is 34.6 Å². The molecule has 2 nitrogen and oxygen atoms in total. The van der Waals surface area contributed by atoms with Crippen LogP contribution in [0.15, 0.2) is 18.2 Å². The molecule has 0 atom stereocenters. The Kier molecular flexibility index (Phi) is 4.49. The Hall–Kier alpha value is -0.640. The summed E-state index contributed by atoms with van der Waals surface area (Å²) in [5, 5.41) is 11.0. The van der Waals surface area contributed by atoms with Gasteiger partial charge in [-0.15, -0.1) is 0 Å². The fourth-order valence-corrected chi connectivity index (χ4v) is 2.89. The van der Waals surface area contributed by atoms with Crippen LogP contribution in [0.4, 0.5) is 4.39 Å². The van der Waals surface area contributed by atoms with Crippen LogP contribution < -0.4 is 0 Å². The summed E-state index contributed by atoms with van der Waals surface area (Å²) in [5.74, 6) is -0.327. The molecule has 2 rings (SSSR count). The Morgan fingerprint density at radius 1 is 1.37 bits per heavy atom. The van der Waals surface area contributed by atoms with Crippen LogP contribution in [-0.4, -0.2) is 34.7 Å². The lowest BCUT2D eigenvalue weighted by Crippen LogP contribution is -2.48. The predicted molar refractivity (Wildman–Crippen MR) is 76.0 cm³/mol. The zero-order valence-electron chi connectivity index (χ0n) is 11.5. The first-order valence-corrected chi connectivity index (χ1v) is 7.18. The van der Waals surface area contributed by atoms with Gasteiger partial charge in [-0.2, -0.15) is 0 Å². The second kappa shape index (κ2) is 5.78. The van der Waals surface area contributed by atoms with E-state index < -0.39 is 5.60 Å². The van der Waals surface area contributed by atoms with E-state index in [2.05, 4.69) is 18.7 Å². The number of piperidine rings is 1. The Morgan fingerprint density at radius 3 is 2.53 bits per heavy atom. The van der Waals surface area contributed by atoms with Crippen molar-refractivity contribution in [2.75, 3.05) is 13.1 Å². The topological polar surface area (TPSA) is 23.5 Å². The monoisotopic (exact) mass is 285 g/mol. The molecule has 19 heavy (non-hydrogen) atoms. The Labute approximate surface area is 119 Å². The van der Waals surface area contributed by atoms with Gasteiger partial charge in [0.05, 0.1) is 5.60 Å². The largest absolute Gasteiger partial charge is 0.389 e. The molecule has 0 saturated carbocycles. The summed E-state index contributed by atoms with van der Waals surface area (Å²) in [4.78, 5) is 2.33. The van der Waals surface area contributed by atoms with Gasteiger partial charge in [-0.25, -0.2) is 4.39 Å². The highest BCUT2D eigenvalue weighted by Crippen LogP contribution is 2.31. The van der Waals surface area contributed by atoms with E-state index in [1.807, 2.05) is 0 Å². The highest BCUT2D eigenvalue weighted by Gasteiger charge is 2.34. The van der Waals surface area contributed by atoms with E-state index in [9.17, 15) is 9.50 Å². The highest BCUT2D eigenvalue weighted by molar-refractivity contribution is 6.31. The van der Waals surface area contributed by atoms with Gasteiger partial charge in [0, 0.05) is 36.1 Å². The molecule has 0 aromatic heterocycles. The van der Waals surface area contributed by atoms with E-state index in [-0.39, 0.29) is 5.82 Å². The number of rotatable bonds is 3. The molecule has 1 saturated heterocycles. The molecule has 1 fully saturated rings. The summed E-state index contributed by atoms with van der Waals surface area (Å²) in [6.45, 7) is 6.00. The first-order valence-electron chi connectivity index (χ1n) is 6.81. The van der Waals surface area contributed by atoms with Crippen LogP contribution >= 0.6 is 11.6 Å². The van der Waals surface area contributed by atoms with Crippen molar-refractivity contribution < 1.29 is 9.50 Å². The minimum atomic E-state index is -0.836. The average molecular weight is 286 g/mol. The molecule has 0 radical (unpaired) electrons. The van der Waals surface area contributed by atoms with E-state index in [1.54, 1.807) is 12.1 Å². The number of hydrogen-bond donors (Lipinski definition) is 1. The van der Waals surface area contributed by atoms with Crippen molar-refractivity contribution in [2.24, 2.45) is 0 Å². The molecule has 1 aliphatic heterocycles. The molecule has 1 aliphatic rings. The van der Waals surface area contributed by atoms with Gasteiger partial charge in [0.25, 0.3) is 0 Å². The Morgan fingerprint density at radius 2 is 2.00 bits per heavy atom. The number of likely N-dealkylation sites (tertiary alicyclic amines) is 1. The Bertz CT molecular complexity index is 422. The maximum Gasteiger partial charge on any atom is 0.127 e. The normalized spacial score (nSPS) is 19.9. The second-order valence-corrected chi connectivity index (χ2v) is 6.14. The lowest BCUT2D eigenvalue weighted by atomic mass is 9.85. The highest BCUT2D eigenvalue weighted by atomic mass is 35.5. The average Bonchev–Trinajstić information content (AvgIpc) is 2.35. The molecule has 0 aliphatic carbocycles. The minimum absolute atomic E-state index is 0.296. The van der Waals surface area contributed by atoms with E-state index >= 15 is 0 Å². The van der Waals surface area contributed by atoms with Gasteiger partial charge >= 0.3 is 0 Å². The molecule has 106 valence electrons. The number of nitrogens with zero attached hydrogens (tertiary/aromatic N) is 1. The smallest absolute Gasteiger partial charge is 0.127 e. The van der Waals surface area contributed by atoms with E-state index in [0.717, 1.165) is 13.1 Å². The molecule has 1 N–H and O–H groups in total. The van der Waals surface area contributed by atoms with Crippen LogP contribution in [0.1, 0.15) is 32.3 Å². The lowest BCUT2D eigenvalue weighted by Gasteiger charge is -2.40. The number of benzene rings is 1. The molecule has 0 spiro atoms. The molecular weight excluding hydrogens is 265 g/mol. The molecule has 1 aromatic rings. The fourth-order valence-electron chi connectivity index (χ4n) is 2.66. The van der Waals surface area contributed by atoms with E-state index in [1.165, 1.54) is 6.07 Å². The lowest BCUT2D eigenvalue weighted by molar-refractivity contribution is -0.0276. The third-order valence-electron chi connectivity index (χ3n) is 4.03. The van der Waals surface area contributed by atoms with Crippen LogP contribution in [0.2, 0.25) is 5.02 Å². The van der Waals surface area contributed by atoms with Crippen molar-refractivity contribution in [2.45, 2.75) is 44.8 Å². The fraction of sp³-hybridized carbons (Fsp3) is 0.600. The van der Waals surface area contributed by atoms with Crippen molar-refractivity contribution in [1.29, 1.82) is 0 Å². The maximum absolute atomic E-state index is 13.8. The molecule has 0 amide bonds. The van der Waals surface area contributed by atoms with Crippen molar-refractivity contribution in [3.8, 4) is 0 Å². The first-order chi connectivity index (χ1) is 8.91. The van der Waals surface area contributed by atoms with Crippen LogP contribution in [-0.2, 0) is 6.42 Å². The van der Waals surface area contributed by atoms with Gasteiger partial charge in [-0.1, -0.05) is 17.7 Å². The SMILES string of the molecule is CC(C)N1CCC(O)(Cc2c(F)cccc2Cl)CC1. The van der Waals surface area contributed by atoms with Gasteiger partial charge in [-0.05, 0) is 38.8 Å². The second-order valence-electron chi connectivity index (χ2n) is 5.73. The van der Waals surface area contributed by atoms with Crippen LogP contribution in [0, 0.1) is 5.82 Å². The van der Waals surface area contributed by atoms with Crippen LogP contribution in [0.3, 0.4) is 0 Å². The minimum Gasteiger partial charge on any atom is -0.389 e. The third-order valence-corrected chi connectivity index (χ3v) is 4.38. The summed E-state index contributed by atoms with van der Waals surface area (Å²) in [7, 11) is 0. The summed E-state index contributed by atoms with van der Waals surface area (Å²) < 4.78 is 13.8. The zero-order chi connectivity index (χ0) is 14.0. The molecular formula is C15H21ClFNO. The van der Waals surface area contributed by atoms with Gasteiger partial charge in [0.1, 0.15) is 5.82 Å². The quantitative estimate of drug-likeness (QED) is 0.921. The first kappa shape index (κ1) is 14.8. The molecule has 1 heterocycles.